The summed E-state index contributed by atoms with van der Waals surface area (Å²) in [7, 11) is 0. The molecule has 2 rings (SSSR count). The molecule has 0 fully saturated rings. The van der Waals surface area contributed by atoms with E-state index >= 15 is 0 Å². The van der Waals surface area contributed by atoms with Crippen molar-refractivity contribution in [2.24, 2.45) is 0 Å². The normalized spacial score (nSPS) is 10.7. The third-order valence-corrected chi connectivity index (χ3v) is 3.74. The Bertz CT molecular complexity index is 719. The maximum absolute atomic E-state index is 11.5. The van der Waals surface area contributed by atoms with Gasteiger partial charge in [-0.3, -0.25) is 14.9 Å². The van der Waals surface area contributed by atoms with Crippen LogP contribution in [0.25, 0.3) is 11.0 Å². The van der Waals surface area contributed by atoms with Gasteiger partial charge in [-0.05, 0) is 23.3 Å². The first-order valence-electron chi connectivity index (χ1n) is 6.65. The number of nitrogens with zero attached hydrogens (tertiary/aromatic N) is 3. The van der Waals surface area contributed by atoms with Crippen LogP contribution in [0.2, 0.25) is 0 Å². The quantitative estimate of drug-likeness (QED) is 0.311. The number of thioether (sulfide) groups is 1. The summed E-state index contributed by atoms with van der Waals surface area (Å²) in [5.41, 5.74) is 0.0404. The van der Waals surface area contributed by atoms with Gasteiger partial charge in [-0.1, -0.05) is 0 Å². The molecule has 0 bridgehead atoms. The first-order chi connectivity index (χ1) is 11.1. The summed E-state index contributed by atoms with van der Waals surface area (Å²) in [4.78, 5) is 22.6. The van der Waals surface area contributed by atoms with Gasteiger partial charge in [0.05, 0.1) is 23.9 Å². The summed E-state index contributed by atoms with van der Waals surface area (Å²) < 4.78 is 9.44. The van der Waals surface area contributed by atoms with Gasteiger partial charge in [0.1, 0.15) is 5.69 Å². The number of esters is 1. The van der Waals surface area contributed by atoms with Crippen molar-refractivity contribution in [2.45, 2.75) is 11.8 Å². The van der Waals surface area contributed by atoms with Gasteiger partial charge in [0.15, 0.2) is 5.52 Å². The van der Waals surface area contributed by atoms with Crippen molar-refractivity contribution in [3.63, 3.8) is 0 Å². The third kappa shape index (κ3) is 3.87. The number of hydrogen-bond acceptors (Lipinski definition) is 10. The van der Waals surface area contributed by atoms with Crippen LogP contribution in [0.15, 0.2) is 15.6 Å². The molecule has 1 heterocycles. The Morgan fingerprint density at radius 3 is 2.91 bits per heavy atom. The molecule has 0 aliphatic rings. The molecule has 0 unspecified atom stereocenters. The minimum Gasteiger partial charge on any atom is -0.465 e. The van der Waals surface area contributed by atoms with Crippen LogP contribution in [0.3, 0.4) is 0 Å². The van der Waals surface area contributed by atoms with Crippen molar-refractivity contribution in [2.75, 3.05) is 30.8 Å². The molecular formula is C12H14N4O6S. The lowest BCUT2D eigenvalue weighted by Gasteiger charge is -2.08. The van der Waals surface area contributed by atoms with Crippen LogP contribution in [-0.2, 0) is 9.53 Å². The Labute approximate surface area is 134 Å². The minimum absolute atomic E-state index is 0.0209. The highest BCUT2D eigenvalue weighted by molar-refractivity contribution is 8.00. The maximum atomic E-state index is 11.5. The summed E-state index contributed by atoms with van der Waals surface area (Å²) in [6, 6.07) is 1.48. The fourth-order valence-electron chi connectivity index (χ4n) is 1.86. The minimum atomic E-state index is -0.605. The van der Waals surface area contributed by atoms with Crippen LogP contribution in [0.5, 0.6) is 0 Å². The van der Waals surface area contributed by atoms with E-state index < -0.39 is 10.9 Å². The SMILES string of the molecule is CCOC(=O)CSc1cc(NCCO)c([N+](=O)[O-])c2nonc12. The topological polar surface area (TPSA) is 141 Å². The van der Waals surface area contributed by atoms with Crippen LogP contribution in [0.1, 0.15) is 6.92 Å². The molecule has 10 nitrogen and oxygen atoms in total. The van der Waals surface area contributed by atoms with E-state index in [4.69, 9.17) is 9.84 Å². The number of carbonyl (C=O) groups excluding carboxylic acids is 1. The summed E-state index contributed by atoms with van der Waals surface area (Å²) in [5, 5.41) is 30.1. The van der Waals surface area contributed by atoms with E-state index in [1.54, 1.807) is 6.92 Å². The zero-order chi connectivity index (χ0) is 16.8. The number of ether oxygens (including phenoxy) is 1. The smallest absolute Gasteiger partial charge is 0.323 e. The lowest BCUT2D eigenvalue weighted by Crippen LogP contribution is -2.09. The van der Waals surface area contributed by atoms with E-state index in [2.05, 4.69) is 20.3 Å². The Morgan fingerprint density at radius 1 is 1.52 bits per heavy atom. The molecule has 2 aromatic rings. The van der Waals surface area contributed by atoms with Crippen molar-refractivity contribution >= 4 is 40.1 Å². The molecular weight excluding hydrogens is 328 g/mol. The Kier molecular flexibility index (Phi) is 5.71. The molecule has 124 valence electrons. The van der Waals surface area contributed by atoms with Crippen molar-refractivity contribution in [1.29, 1.82) is 0 Å². The molecule has 0 saturated heterocycles. The van der Waals surface area contributed by atoms with Crippen molar-refractivity contribution < 1.29 is 24.2 Å². The predicted octanol–water partition coefficient (Wildman–Crippen LogP) is 1.19. The number of fused-ring (bicyclic) bond motifs is 1. The van der Waals surface area contributed by atoms with Crippen LogP contribution in [0, 0.1) is 10.1 Å². The number of aromatic nitrogens is 2. The first kappa shape index (κ1) is 17.0. The van der Waals surface area contributed by atoms with Crippen molar-refractivity contribution in [3.8, 4) is 0 Å². The Balaban J connectivity index is 2.40. The van der Waals surface area contributed by atoms with Gasteiger partial charge in [0, 0.05) is 11.4 Å². The summed E-state index contributed by atoms with van der Waals surface area (Å²) in [6.07, 6.45) is 0. The van der Waals surface area contributed by atoms with Crippen molar-refractivity contribution in [1.82, 2.24) is 10.3 Å². The fourth-order valence-corrected chi connectivity index (χ4v) is 2.69. The summed E-state index contributed by atoms with van der Waals surface area (Å²) >= 11 is 1.11. The predicted molar refractivity (Wildman–Crippen MR) is 81.4 cm³/mol. The molecule has 23 heavy (non-hydrogen) atoms. The molecule has 0 amide bonds. The van der Waals surface area contributed by atoms with Gasteiger partial charge in [-0.2, -0.15) is 0 Å². The second-order valence-electron chi connectivity index (χ2n) is 4.23. The number of rotatable bonds is 8. The molecule has 1 aromatic heterocycles. The molecule has 0 aliphatic carbocycles. The molecule has 0 aliphatic heterocycles. The second-order valence-corrected chi connectivity index (χ2v) is 5.25. The maximum Gasteiger partial charge on any atom is 0.323 e. The van der Waals surface area contributed by atoms with Gasteiger partial charge in [0.2, 0.25) is 5.52 Å². The lowest BCUT2D eigenvalue weighted by molar-refractivity contribution is -0.382. The molecule has 2 N–H and O–H groups in total. The number of nitro groups is 1. The molecule has 0 saturated carbocycles. The number of aliphatic hydroxyl groups is 1. The van der Waals surface area contributed by atoms with Crippen molar-refractivity contribution in [3.05, 3.63) is 16.2 Å². The van der Waals surface area contributed by atoms with Crippen LogP contribution < -0.4 is 5.32 Å². The Hall–Kier alpha value is -2.40. The van der Waals surface area contributed by atoms with Crippen LogP contribution in [-0.4, -0.2) is 51.8 Å². The third-order valence-electron chi connectivity index (χ3n) is 2.74. The van der Waals surface area contributed by atoms with E-state index in [1.165, 1.54) is 6.07 Å². The standard InChI is InChI=1S/C12H14N4O6S/c1-2-21-9(18)6-23-8-5-7(13-3-4-17)12(16(19)20)11-10(8)14-22-15-11/h5,13,17H,2-4,6H2,1H3. The largest absolute Gasteiger partial charge is 0.465 e. The highest BCUT2D eigenvalue weighted by Crippen LogP contribution is 2.38. The molecule has 0 radical (unpaired) electrons. The lowest BCUT2D eigenvalue weighted by atomic mass is 10.2. The Morgan fingerprint density at radius 2 is 2.26 bits per heavy atom. The molecule has 1 aromatic carbocycles. The fraction of sp³-hybridized carbons (Fsp3) is 0.417. The van der Waals surface area contributed by atoms with Crippen LogP contribution >= 0.6 is 11.8 Å². The monoisotopic (exact) mass is 342 g/mol. The number of carbonyl (C=O) groups is 1. The van der Waals surface area contributed by atoms with Crippen LogP contribution in [0.4, 0.5) is 11.4 Å². The number of hydrogen-bond donors (Lipinski definition) is 2. The van der Waals surface area contributed by atoms with E-state index in [0.717, 1.165) is 11.8 Å². The molecule has 0 spiro atoms. The first-order valence-corrected chi connectivity index (χ1v) is 7.63. The highest BCUT2D eigenvalue weighted by Gasteiger charge is 2.26. The highest BCUT2D eigenvalue weighted by atomic mass is 32.2. The van der Waals surface area contributed by atoms with E-state index in [0.29, 0.717) is 4.90 Å². The average molecular weight is 342 g/mol. The average Bonchev–Trinajstić information content (AvgIpc) is 2.99. The number of nitro benzene ring substituents is 1. The van der Waals surface area contributed by atoms with E-state index in [-0.39, 0.29) is 47.9 Å². The zero-order valence-electron chi connectivity index (χ0n) is 12.1. The summed E-state index contributed by atoms with van der Waals surface area (Å²) in [5.74, 6) is -0.391. The zero-order valence-corrected chi connectivity index (χ0v) is 13.0. The van der Waals surface area contributed by atoms with Gasteiger partial charge in [-0.25, -0.2) is 4.63 Å². The molecule has 0 atom stereocenters. The van der Waals surface area contributed by atoms with Gasteiger partial charge in [0.25, 0.3) is 0 Å². The second kappa shape index (κ2) is 7.74. The van der Waals surface area contributed by atoms with E-state index in [1.807, 2.05) is 0 Å². The van der Waals surface area contributed by atoms with Gasteiger partial charge >= 0.3 is 11.7 Å². The summed E-state index contributed by atoms with van der Waals surface area (Å²) in [6.45, 7) is 1.90. The number of anilines is 1. The van der Waals surface area contributed by atoms with Gasteiger partial charge in [-0.15, -0.1) is 11.8 Å². The molecule has 11 heteroatoms. The van der Waals surface area contributed by atoms with Gasteiger partial charge < -0.3 is 15.2 Å². The van der Waals surface area contributed by atoms with E-state index in [9.17, 15) is 14.9 Å². The number of benzene rings is 1. The number of nitrogens with one attached hydrogen (secondary N) is 1. The number of aliphatic hydroxyl groups excluding tert-OH is 1.